The highest BCUT2D eigenvalue weighted by Gasteiger charge is 2.33. The molecule has 1 atom stereocenters. The Bertz CT molecular complexity index is 247. The third-order valence-corrected chi connectivity index (χ3v) is 3.32. The van der Waals surface area contributed by atoms with Crippen molar-refractivity contribution < 1.29 is 9.53 Å². The summed E-state index contributed by atoms with van der Waals surface area (Å²) >= 11 is 0. The molecule has 1 unspecified atom stereocenters. The predicted molar refractivity (Wildman–Crippen MR) is 61.3 cm³/mol. The van der Waals surface area contributed by atoms with Crippen molar-refractivity contribution in [2.45, 2.75) is 12.5 Å². The molecule has 2 fully saturated rings. The summed E-state index contributed by atoms with van der Waals surface area (Å²) in [6.45, 7) is 6.07. The van der Waals surface area contributed by atoms with Gasteiger partial charge in [0.05, 0.1) is 12.6 Å². The summed E-state index contributed by atoms with van der Waals surface area (Å²) in [5, 5.41) is 3.35. The molecular formula is C11H21N3O2. The number of carbonyl (C=O) groups excluding carboxylic acids is 1. The summed E-state index contributed by atoms with van der Waals surface area (Å²) in [6.07, 6.45) is 1.00. The summed E-state index contributed by atoms with van der Waals surface area (Å²) in [4.78, 5) is 16.2. The molecule has 5 nitrogen and oxygen atoms in total. The number of rotatable bonds is 4. The van der Waals surface area contributed by atoms with E-state index in [1.165, 1.54) is 0 Å². The fourth-order valence-electron chi connectivity index (χ4n) is 2.50. The van der Waals surface area contributed by atoms with Crippen molar-refractivity contribution in [2.75, 3.05) is 53.0 Å². The molecule has 1 N–H and O–H groups in total. The Labute approximate surface area is 96.7 Å². The van der Waals surface area contributed by atoms with Gasteiger partial charge in [-0.05, 0) is 6.42 Å². The number of hydrogen-bond donors (Lipinski definition) is 1. The zero-order valence-corrected chi connectivity index (χ0v) is 9.95. The summed E-state index contributed by atoms with van der Waals surface area (Å²) in [7, 11) is 1.72. The molecule has 16 heavy (non-hydrogen) atoms. The van der Waals surface area contributed by atoms with Gasteiger partial charge in [-0.2, -0.15) is 0 Å². The van der Waals surface area contributed by atoms with Crippen LogP contribution in [0.2, 0.25) is 0 Å². The molecule has 2 heterocycles. The zero-order valence-electron chi connectivity index (χ0n) is 9.95. The molecule has 0 saturated carbocycles. The molecule has 0 aromatic heterocycles. The lowest BCUT2D eigenvalue weighted by Crippen LogP contribution is -2.63. The van der Waals surface area contributed by atoms with Crippen molar-refractivity contribution in [1.82, 2.24) is 15.1 Å². The molecule has 0 bridgehead atoms. The Morgan fingerprint density at radius 2 is 2.44 bits per heavy atom. The minimum absolute atomic E-state index is 0.287. The number of piperazine rings is 2. The second kappa shape index (κ2) is 5.61. The second-order valence-electron chi connectivity index (χ2n) is 4.53. The van der Waals surface area contributed by atoms with Crippen LogP contribution in [0.3, 0.4) is 0 Å². The maximum atomic E-state index is 11.9. The van der Waals surface area contributed by atoms with Crippen LogP contribution in [0.5, 0.6) is 0 Å². The summed E-state index contributed by atoms with van der Waals surface area (Å²) in [5.41, 5.74) is 0. The number of fused-ring (bicyclic) bond motifs is 1. The highest BCUT2D eigenvalue weighted by atomic mass is 16.5. The fourth-order valence-corrected chi connectivity index (χ4v) is 2.50. The van der Waals surface area contributed by atoms with Crippen LogP contribution >= 0.6 is 0 Å². The lowest BCUT2D eigenvalue weighted by atomic mass is 10.1. The van der Waals surface area contributed by atoms with Crippen LogP contribution in [0.4, 0.5) is 0 Å². The van der Waals surface area contributed by atoms with Crippen LogP contribution in [0.15, 0.2) is 0 Å². The number of ether oxygens (including phenoxy) is 1. The Kier molecular flexibility index (Phi) is 4.15. The van der Waals surface area contributed by atoms with Gasteiger partial charge in [0, 0.05) is 46.4 Å². The summed E-state index contributed by atoms with van der Waals surface area (Å²) in [6, 6.07) is 0.373. The lowest BCUT2D eigenvalue weighted by Gasteiger charge is -2.43. The standard InChI is InChI=1S/C11H21N3O2/c1-16-6-2-4-13-8-10-7-12-3-5-14(10)11(15)9-13/h10,12H,2-9H2,1H3. The molecule has 2 aliphatic rings. The fraction of sp³-hybridized carbons (Fsp3) is 0.909. The SMILES string of the molecule is COCCCN1CC(=O)N2CCNCC2C1. The molecule has 5 heteroatoms. The van der Waals surface area contributed by atoms with Gasteiger partial charge in [-0.15, -0.1) is 0 Å². The largest absolute Gasteiger partial charge is 0.385 e. The van der Waals surface area contributed by atoms with Crippen LogP contribution in [-0.2, 0) is 9.53 Å². The van der Waals surface area contributed by atoms with E-state index in [0.717, 1.165) is 45.8 Å². The molecule has 0 aromatic carbocycles. The number of carbonyl (C=O) groups is 1. The van der Waals surface area contributed by atoms with Gasteiger partial charge >= 0.3 is 0 Å². The number of amides is 1. The van der Waals surface area contributed by atoms with Gasteiger partial charge < -0.3 is 15.0 Å². The molecule has 2 saturated heterocycles. The van der Waals surface area contributed by atoms with Crippen molar-refractivity contribution in [1.29, 1.82) is 0 Å². The van der Waals surface area contributed by atoms with Crippen LogP contribution in [0, 0.1) is 0 Å². The maximum absolute atomic E-state index is 11.9. The van der Waals surface area contributed by atoms with Gasteiger partial charge in [0.25, 0.3) is 0 Å². The Balaban J connectivity index is 1.82. The quantitative estimate of drug-likeness (QED) is 0.635. The van der Waals surface area contributed by atoms with E-state index in [4.69, 9.17) is 4.74 Å². The van der Waals surface area contributed by atoms with Crippen LogP contribution in [0.25, 0.3) is 0 Å². The van der Waals surface area contributed by atoms with E-state index in [0.29, 0.717) is 12.6 Å². The average Bonchev–Trinajstić information content (AvgIpc) is 2.30. The predicted octanol–water partition coefficient (Wildman–Crippen LogP) is -0.861. The molecule has 0 aliphatic carbocycles. The first-order valence-electron chi connectivity index (χ1n) is 6.02. The molecule has 0 spiro atoms. The monoisotopic (exact) mass is 227 g/mol. The van der Waals surface area contributed by atoms with Gasteiger partial charge in [0.15, 0.2) is 0 Å². The van der Waals surface area contributed by atoms with Crippen molar-refractivity contribution >= 4 is 5.91 Å². The third-order valence-electron chi connectivity index (χ3n) is 3.32. The Morgan fingerprint density at radius 1 is 1.56 bits per heavy atom. The second-order valence-corrected chi connectivity index (χ2v) is 4.53. The summed E-state index contributed by atoms with van der Waals surface area (Å²) < 4.78 is 5.03. The molecular weight excluding hydrogens is 206 g/mol. The minimum Gasteiger partial charge on any atom is -0.385 e. The van der Waals surface area contributed by atoms with E-state index in [1.54, 1.807) is 7.11 Å². The van der Waals surface area contributed by atoms with Crippen molar-refractivity contribution in [3.8, 4) is 0 Å². The third kappa shape index (κ3) is 2.72. The first-order valence-corrected chi connectivity index (χ1v) is 6.02. The van der Waals surface area contributed by atoms with Crippen molar-refractivity contribution in [3.63, 3.8) is 0 Å². The van der Waals surface area contributed by atoms with Gasteiger partial charge in [-0.3, -0.25) is 9.69 Å². The van der Waals surface area contributed by atoms with Gasteiger partial charge in [0.2, 0.25) is 5.91 Å². The molecule has 0 aromatic rings. The Hall–Kier alpha value is -0.650. The van der Waals surface area contributed by atoms with E-state index < -0.39 is 0 Å². The first-order chi connectivity index (χ1) is 7.81. The molecule has 92 valence electrons. The van der Waals surface area contributed by atoms with Crippen molar-refractivity contribution in [3.05, 3.63) is 0 Å². The normalized spacial score (nSPS) is 26.9. The van der Waals surface area contributed by atoms with Gasteiger partial charge in [-0.25, -0.2) is 0 Å². The van der Waals surface area contributed by atoms with Crippen molar-refractivity contribution in [2.24, 2.45) is 0 Å². The highest BCUT2D eigenvalue weighted by Crippen LogP contribution is 2.12. The average molecular weight is 227 g/mol. The van der Waals surface area contributed by atoms with E-state index in [1.807, 2.05) is 4.90 Å². The van der Waals surface area contributed by atoms with E-state index >= 15 is 0 Å². The topological polar surface area (TPSA) is 44.8 Å². The first kappa shape index (κ1) is 11.8. The smallest absolute Gasteiger partial charge is 0.237 e. The molecule has 0 radical (unpaired) electrons. The van der Waals surface area contributed by atoms with E-state index in [2.05, 4.69) is 10.2 Å². The number of nitrogens with one attached hydrogen (secondary N) is 1. The van der Waals surface area contributed by atoms with Crippen LogP contribution in [0.1, 0.15) is 6.42 Å². The maximum Gasteiger partial charge on any atom is 0.237 e. The molecule has 2 aliphatic heterocycles. The minimum atomic E-state index is 0.287. The van der Waals surface area contributed by atoms with Gasteiger partial charge in [0.1, 0.15) is 0 Å². The lowest BCUT2D eigenvalue weighted by molar-refractivity contribution is -0.140. The van der Waals surface area contributed by atoms with Crippen LogP contribution < -0.4 is 5.32 Å². The zero-order chi connectivity index (χ0) is 11.4. The number of hydrogen-bond acceptors (Lipinski definition) is 4. The van der Waals surface area contributed by atoms with E-state index in [9.17, 15) is 4.79 Å². The van der Waals surface area contributed by atoms with Gasteiger partial charge in [-0.1, -0.05) is 0 Å². The Morgan fingerprint density at radius 3 is 3.25 bits per heavy atom. The molecule has 1 amide bonds. The summed E-state index contributed by atoms with van der Waals surface area (Å²) in [5.74, 6) is 0.287. The number of methoxy groups -OCH3 is 1. The van der Waals surface area contributed by atoms with E-state index in [-0.39, 0.29) is 5.91 Å². The molecule has 2 rings (SSSR count). The number of nitrogens with zero attached hydrogens (tertiary/aromatic N) is 2. The van der Waals surface area contributed by atoms with Crippen LogP contribution in [-0.4, -0.2) is 74.7 Å². The highest BCUT2D eigenvalue weighted by molar-refractivity contribution is 5.79.